The second kappa shape index (κ2) is 5.93. The SMILES string of the molecule is CCCCn1c(N)c(N2CCC(C)(O)CC2)c(=O)[nH]c1=O. The minimum absolute atomic E-state index is 0.221. The third-order valence-electron chi connectivity index (χ3n) is 4.11. The summed E-state index contributed by atoms with van der Waals surface area (Å²) in [4.78, 5) is 28.2. The van der Waals surface area contributed by atoms with Crippen LogP contribution in [0.15, 0.2) is 9.59 Å². The summed E-state index contributed by atoms with van der Waals surface area (Å²) in [5.41, 5.74) is 4.80. The number of rotatable bonds is 4. The van der Waals surface area contributed by atoms with E-state index in [-0.39, 0.29) is 5.82 Å². The van der Waals surface area contributed by atoms with Crippen molar-refractivity contribution in [1.82, 2.24) is 9.55 Å². The highest BCUT2D eigenvalue weighted by Gasteiger charge is 2.30. The molecule has 0 unspecified atom stereocenters. The lowest BCUT2D eigenvalue weighted by atomic mass is 9.93. The number of H-pyrrole nitrogens is 1. The molecule has 1 aromatic rings. The summed E-state index contributed by atoms with van der Waals surface area (Å²) < 4.78 is 1.42. The van der Waals surface area contributed by atoms with Crippen molar-refractivity contribution in [3.05, 3.63) is 20.8 Å². The summed E-state index contributed by atoms with van der Waals surface area (Å²) in [7, 11) is 0. The second-order valence-electron chi connectivity index (χ2n) is 5.98. The fourth-order valence-corrected chi connectivity index (χ4v) is 2.63. The number of piperidine rings is 1. The van der Waals surface area contributed by atoms with E-state index in [1.54, 1.807) is 6.92 Å². The molecule has 0 spiro atoms. The molecule has 1 saturated heterocycles. The zero-order chi connectivity index (χ0) is 15.6. The molecule has 1 aliphatic heterocycles. The van der Waals surface area contributed by atoms with Crippen molar-refractivity contribution in [3.8, 4) is 0 Å². The van der Waals surface area contributed by atoms with E-state index in [0.29, 0.717) is 38.2 Å². The van der Waals surface area contributed by atoms with Gasteiger partial charge in [0.05, 0.1) is 5.60 Å². The van der Waals surface area contributed by atoms with Crippen LogP contribution in [0.25, 0.3) is 0 Å². The number of hydrogen-bond acceptors (Lipinski definition) is 5. The highest BCUT2D eigenvalue weighted by molar-refractivity contribution is 5.62. The maximum atomic E-state index is 12.1. The predicted molar refractivity (Wildman–Crippen MR) is 82.7 cm³/mol. The monoisotopic (exact) mass is 296 g/mol. The van der Waals surface area contributed by atoms with E-state index in [4.69, 9.17) is 5.73 Å². The normalized spacial score (nSPS) is 18.0. The summed E-state index contributed by atoms with van der Waals surface area (Å²) in [6, 6.07) is 0. The van der Waals surface area contributed by atoms with Crippen LogP contribution in [0.4, 0.5) is 11.5 Å². The van der Waals surface area contributed by atoms with E-state index in [1.165, 1.54) is 4.57 Å². The van der Waals surface area contributed by atoms with Gasteiger partial charge in [-0.15, -0.1) is 0 Å². The third-order valence-corrected chi connectivity index (χ3v) is 4.11. The van der Waals surface area contributed by atoms with Gasteiger partial charge in [0, 0.05) is 19.6 Å². The predicted octanol–water partition coefficient (Wildman–Crippen LogP) is 0.270. The van der Waals surface area contributed by atoms with Crippen LogP contribution in [0, 0.1) is 0 Å². The number of nitrogen functional groups attached to an aromatic ring is 1. The molecule has 4 N–H and O–H groups in total. The van der Waals surface area contributed by atoms with Crippen LogP contribution in [-0.4, -0.2) is 33.3 Å². The van der Waals surface area contributed by atoms with E-state index in [2.05, 4.69) is 4.98 Å². The maximum absolute atomic E-state index is 12.1. The Morgan fingerprint density at radius 3 is 2.52 bits per heavy atom. The second-order valence-corrected chi connectivity index (χ2v) is 5.98. The van der Waals surface area contributed by atoms with Crippen molar-refractivity contribution in [2.24, 2.45) is 0 Å². The zero-order valence-electron chi connectivity index (χ0n) is 12.7. The zero-order valence-corrected chi connectivity index (χ0v) is 12.7. The van der Waals surface area contributed by atoms with Crippen LogP contribution in [0.1, 0.15) is 39.5 Å². The lowest BCUT2D eigenvalue weighted by molar-refractivity contribution is 0.0351. The average molecular weight is 296 g/mol. The Bertz CT molecular complexity index is 608. The van der Waals surface area contributed by atoms with Crippen LogP contribution in [0.3, 0.4) is 0 Å². The molecule has 118 valence electrons. The quantitative estimate of drug-likeness (QED) is 0.740. The molecule has 1 fully saturated rings. The van der Waals surface area contributed by atoms with E-state index in [9.17, 15) is 14.7 Å². The number of aliphatic hydroxyl groups is 1. The number of aromatic amines is 1. The standard InChI is InChI=1S/C14H24N4O3/c1-3-4-7-18-11(15)10(12(19)16-13(18)20)17-8-5-14(2,21)6-9-17/h21H,3-9,15H2,1-2H3,(H,16,19,20). The highest BCUT2D eigenvalue weighted by atomic mass is 16.3. The van der Waals surface area contributed by atoms with Gasteiger partial charge in [-0.1, -0.05) is 13.3 Å². The van der Waals surface area contributed by atoms with Gasteiger partial charge >= 0.3 is 5.69 Å². The lowest BCUT2D eigenvalue weighted by Gasteiger charge is -2.37. The number of aromatic nitrogens is 2. The molecule has 21 heavy (non-hydrogen) atoms. The molecule has 2 heterocycles. The average Bonchev–Trinajstić information content (AvgIpc) is 2.40. The van der Waals surface area contributed by atoms with Crippen molar-refractivity contribution in [1.29, 1.82) is 0 Å². The molecule has 0 aromatic carbocycles. The van der Waals surface area contributed by atoms with E-state index in [1.807, 2.05) is 11.8 Å². The number of nitrogens with one attached hydrogen (secondary N) is 1. The van der Waals surface area contributed by atoms with Crippen LogP contribution in [0.5, 0.6) is 0 Å². The van der Waals surface area contributed by atoms with Gasteiger partial charge in [-0.3, -0.25) is 14.3 Å². The largest absolute Gasteiger partial charge is 0.390 e. The van der Waals surface area contributed by atoms with E-state index < -0.39 is 16.9 Å². The maximum Gasteiger partial charge on any atom is 0.330 e. The number of nitrogens with zero attached hydrogens (tertiary/aromatic N) is 2. The van der Waals surface area contributed by atoms with Crippen molar-refractivity contribution in [3.63, 3.8) is 0 Å². The first-order valence-corrected chi connectivity index (χ1v) is 7.45. The van der Waals surface area contributed by atoms with E-state index in [0.717, 1.165) is 12.8 Å². The molecule has 0 aliphatic carbocycles. The van der Waals surface area contributed by atoms with Crippen molar-refractivity contribution in [2.45, 2.75) is 51.7 Å². The summed E-state index contributed by atoms with van der Waals surface area (Å²) >= 11 is 0. The number of hydrogen-bond donors (Lipinski definition) is 3. The van der Waals surface area contributed by atoms with Crippen LogP contribution in [-0.2, 0) is 6.54 Å². The molecule has 0 atom stereocenters. The summed E-state index contributed by atoms with van der Waals surface area (Å²) in [6.45, 7) is 5.41. The van der Waals surface area contributed by atoms with E-state index >= 15 is 0 Å². The molecule has 7 heteroatoms. The van der Waals surface area contributed by atoms with Gasteiger partial charge in [-0.2, -0.15) is 0 Å². The molecule has 1 aliphatic rings. The molecule has 0 amide bonds. The van der Waals surface area contributed by atoms with Gasteiger partial charge in [-0.05, 0) is 26.2 Å². The lowest BCUT2D eigenvalue weighted by Crippen LogP contribution is -2.46. The van der Waals surface area contributed by atoms with Gasteiger partial charge < -0.3 is 15.7 Å². The first kappa shape index (κ1) is 15.6. The third kappa shape index (κ3) is 3.29. The van der Waals surface area contributed by atoms with Gasteiger partial charge in [0.1, 0.15) is 11.5 Å². The molecule has 0 saturated carbocycles. The first-order chi connectivity index (χ1) is 9.85. The van der Waals surface area contributed by atoms with Crippen LogP contribution < -0.4 is 21.9 Å². The highest BCUT2D eigenvalue weighted by Crippen LogP contribution is 2.26. The number of nitrogens with two attached hydrogens (primary N) is 1. The van der Waals surface area contributed by atoms with Crippen molar-refractivity contribution in [2.75, 3.05) is 23.7 Å². The Morgan fingerprint density at radius 1 is 1.33 bits per heavy atom. The molecule has 0 radical (unpaired) electrons. The summed E-state index contributed by atoms with van der Waals surface area (Å²) in [5, 5.41) is 9.99. The minimum atomic E-state index is -0.700. The van der Waals surface area contributed by atoms with Gasteiger partial charge in [0.25, 0.3) is 5.56 Å². The van der Waals surface area contributed by atoms with Crippen LogP contribution >= 0.6 is 0 Å². The van der Waals surface area contributed by atoms with Crippen LogP contribution in [0.2, 0.25) is 0 Å². The fraction of sp³-hybridized carbons (Fsp3) is 0.714. The molecule has 0 bridgehead atoms. The molecule has 7 nitrogen and oxygen atoms in total. The Labute approximate surface area is 123 Å². The summed E-state index contributed by atoms with van der Waals surface area (Å²) in [6.07, 6.45) is 2.90. The minimum Gasteiger partial charge on any atom is -0.390 e. The Hall–Kier alpha value is -1.76. The first-order valence-electron chi connectivity index (χ1n) is 7.45. The number of unbranched alkanes of at least 4 members (excludes halogenated alkanes) is 1. The topological polar surface area (TPSA) is 104 Å². The number of anilines is 2. The molecule has 2 rings (SSSR count). The van der Waals surface area contributed by atoms with Gasteiger partial charge in [0.15, 0.2) is 0 Å². The Kier molecular flexibility index (Phi) is 4.41. The summed E-state index contributed by atoms with van der Waals surface area (Å²) in [5.74, 6) is 0.221. The van der Waals surface area contributed by atoms with Crippen molar-refractivity contribution < 1.29 is 5.11 Å². The molecular weight excluding hydrogens is 272 g/mol. The fourth-order valence-electron chi connectivity index (χ4n) is 2.63. The Balaban J connectivity index is 2.35. The molecule has 1 aromatic heterocycles. The molecular formula is C14H24N4O3. The van der Waals surface area contributed by atoms with Gasteiger partial charge in [-0.25, -0.2) is 4.79 Å². The van der Waals surface area contributed by atoms with Gasteiger partial charge in [0.2, 0.25) is 0 Å². The Morgan fingerprint density at radius 2 is 1.95 bits per heavy atom. The smallest absolute Gasteiger partial charge is 0.330 e. The van der Waals surface area contributed by atoms with Crippen molar-refractivity contribution >= 4 is 11.5 Å².